The van der Waals surface area contributed by atoms with Crippen molar-refractivity contribution in [1.82, 2.24) is 9.97 Å². The molecule has 3 rings (SSSR count). The molecule has 1 heterocycles. The molecule has 0 unspecified atom stereocenters. The molecular weight excluding hydrogens is 380 g/mol. The van der Waals surface area contributed by atoms with Gasteiger partial charge in [-0.15, -0.1) is 0 Å². The van der Waals surface area contributed by atoms with Crippen LogP contribution in [0.15, 0.2) is 36.7 Å². The fourth-order valence-electron chi connectivity index (χ4n) is 4.77. The Morgan fingerprint density at radius 3 is 2.00 bits per heavy atom. The van der Waals surface area contributed by atoms with E-state index in [1.807, 2.05) is 24.5 Å². The number of aryl methyl sites for hydroxylation is 1. The van der Waals surface area contributed by atoms with Crippen LogP contribution in [0.1, 0.15) is 96.5 Å². The third kappa shape index (κ3) is 8.27. The van der Waals surface area contributed by atoms with E-state index in [0.717, 1.165) is 48.4 Å². The highest BCUT2D eigenvalue weighted by Gasteiger charge is 2.20. The van der Waals surface area contributed by atoms with E-state index in [0.29, 0.717) is 0 Å². The first kappa shape index (κ1) is 23.8. The minimum absolute atomic E-state index is 0.789. The summed E-state index contributed by atoms with van der Waals surface area (Å²) in [6.07, 6.45) is 21.3. The van der Waals surface area contributed by atoms with Crippen LogP contribution in [-0.4, -0.2) is 16.6 Å². The van der Waals surface area contributed by atoms with Gasteiger partial charge in [0.05, 0.1) is 6.61 Å². The van der Waals surface area contributed by atoms with Crippen molar-refractivity contribution in [2.24, 2.45) is 11.8 Å². The van der Waals surface area contributed by atoms with E-state index in [4.69, 9.17) is 4.74 Å². The quantitative estimate of drug-likeness (QED) is 0.306. The lowest BCUT2D eigenvalue weighted by Gasteiger charge is -2.28. The largest absolute Gasteiger partial charge is 0.494 e. The van der Waals surface area contributed by atoms with Crippen LogP contribution < -0.4 is 4.74 Å². The number of ether oxygens (including phenoxy) is 1. The smallest absolute Gasteiger partial charge is 0.159 e. The molecule has 3 heteroatoms. The first-order valence-corrected chi connectivity index (χ1v) is 12.8. The maximum Gasteiger partial charge on any atom is 0.159 e. The van der Waals surface area contributed by atoms with E-state index in [-0.39, 0.29) is 0 Å². The van der Waals surface area contributed by atoms with E-state index in [1.165, 1.54) is 76.2 Å². The second kappa shape index (κ2) is 13.5. The minimum atomic E-state index is 0.789. The fraction of sp³-hybridized carbons (Fsp3) is 0.643. The highest BCUT2D eigenvalue weighted by atomic mass is 16.5. The number of benzene rings is 1. The molecule has 0 aliphatic heterocycles. The average molecular weight is 423 g/mol. The van der Waals surface area contributed by atoms with Crippen LogP contribution in [-0.2, 0) is 6.42 Å². The van der Waals surface area contributed by atoms with Crippen molar-refractivity contribution in [2.75, 3.05) is 6.61 Å². The molecule has 0 bridgehead atoms. The summed E-state index contributed by atoms with van der Waals surface area (Å²) in [5.41, 5.74) is 2.26. The summed E-state index contributed by atoms with van der Waals surface area (Å²) in [4.78, 5) is 9.07. The van der Waals surface area contributed by atoms with E-state index in [9.17, 15) is 0 Å². The minimum Gasteiger partial charge on any atom is -0.494 e. The van der Waals surface area contributed by atoms with Crippen LogP contribution in [0.4, 0.5) is 0 Å². The van der Waals surface area contributed by atoms with Gasteiger partial charge < -0.3 is 4.74 Å². The number of hydrogen-bond donors (Lipinski definition) is 0. The van der Waals surface area contributed by atoms with Gasteiger partial charge in [-0.25, -0.2) is 9.97 Å². The Morgan fingerprint density at radius 2 is 1.39 bits per heavy atom. The summed E-state index contributed by atoms with van der Waals surface area (Å²) in [5.74, 6) is 3.67. The van der Waals surface area contributed by atoms with Crippen molar-refractivity contribution in [2.45, 2.75) is 97.3 Å². The monoisotopic (exact) mass is 422 g/mol. The van der Waals surface area contributed by atoms with E-state index >= 15 is 0 Å². The SMILES string of the molecule is CCCCCC1CCC(CCCOc2ccc(-c3ncc(CCCC)cn3)cc2)CC1. The molecule has 0 N–H and O–H groups in total. The number of hydrogen-bond acceptors (Lipinski definition) is 3. The van der Waals surface area contributed by atoms with Crippen molar-refractivity contribution in [3.63, 3.8) is 0 Å². The molecule has 31 heavy (non-hydrogen) atoms. The Balaban J connectivity index is 1.33. The molecule has 0 atom stereocenters. The van der Waals surface area contributed by atoms with Crippen molar-refractivity contribution in [3.05, 3.63) is 42.2 Å². The summed E-state index contributed by atoms with van der Waals surface area (Å²) in [6, 6.07) is 8.22. The lowest BCUT2D eigenvalue weighted by Crippen LogP contribution is -2.15. The first-order valence-electron chi connectivity index (χ1n) is 12.8. The lowest BCUT2D eigenvalue weighted by atomic mass is 9.78. The summed E-state index contributed by atoms with van der Waals surface area (Å²) < 4.78 is 6.00. The highest BCUT2D eigenvalue weighted by molar-refractivity contribution is 5.55. The molecule has 0 radical (unpaired) electrons. The molecule has 2 aromatic rings. The van der Waals surface area contributed by atoms with Gasteiger partial charge in [0.2, 0.25) is 0 Å². The van der Waals surface area contributed by atoms with Gasteiger partial charge in [0, 0.05) is 18.0 Å². The average Bonchev–Trinajstić information content (AvgIpc) is 2.82. The Hall–Kier alpha value is -1.90. The first-order chi connectivity index (χ1) is 15.3. The Bertz CT molecular complexity index is 718. The molecule has 1 aliphatic carbocycles. The fourth-order valence-corrected chi connectivity index (χ4v) is 4.77. The maximum atomic E-state index is 6.00. The van der Waals surface area contributed by atoms with Gasteiger partial charge in [-0.2, -0.15) is 0 Å². The van der Waals surface area contributed by atoms with Gasteiger partial charge in [0.1, 0.15) is 5.75 Å². The van der Waals surface area contributed by atoms with Crippen LogP contribution >= 0.6 is 0 Å². The summed E-state index contributed by atoms with van der Waals surface area (Å²) in [7, 11) is 0. The summed E-state index contributed by atoms with van der Waals surface area (Å²) in [6.45, 7) is 5.33. The third-order valence-electron chi connectivity index (χ3n) is 6.84. The second-order valence-electron chi connectivity index (χ2n) is 9.42. The van der Waals surface area contributed by atoms with Gasteiger partial charge in [-0.05, 0) is 67.3 Å². The molecule has 1 fully saturated rings. The summed E-state index contributed by atoms with van der Waals surface area (Å²) >= 11 is 0. The molecule has 0 saturated heterocycles. The standard InChI is InChI=1S/C28H42N2O/c1-3-5-7-10-23-12-14-24(15-13-23)11-8-20-31-27-18-16-26(17-19-27)28-29-21-25(22-30-28)9-6-4-2/h16-19,21-24H,3-15,20H2,1-2H3. The number of rotatable bonds is 13. The van der Waals surface area contributed by atoms with Gasteiger partial charge >= 0.3 is 0 Å². The molecule has 170 valence electrons. The molecule has 1 aromatic heterocycles. The van der Waals surface area contributed by atoms with Crippen LogP contribution in [0, 0.1) is 11.8 Å². The van der Waals surface area contributed by atoms with Crippen molar-refractivity contribution >= 4 is 0 Å². The molecule has 3 nitrogen and oxygen atoms in total. The predicted molar refractivity (Wildman–Crippen MR) is 130 cm³/mol. The predicted octanol–water partition coefficient (Wildman–Crippen LogP) is 8.03. The number of unbranched alkanes of at least 4 members (excludes halogenated alkanes) is 3. The maximum absolute atomic E-state index is 6.00. The zero-order chi connectivity index (χ0) is 21.7. The summed E-state index contributed by atoms with van der Waals surface area (Å²) in [5, 5.41) is 0. The lowest BCUT2D eigenvalue weighted by molar-refractivity contribution is 0.228. The zero-order valence-corrected chi connectivity index (χ0v) is 19.8. The topological polar surface area (TPSA) is 35.0 Å². The molecule has 0 spiro atoms. The molecular formula is C28H42N2O. The number of aromatic nitrogens is 2. The third-order valence-corrected chi connectivity index (χ3v) is 6.84. The van der Waals surface area contributed by atoms with E-state index < -0.39 is 0 Å². The Morgan fingerprint density at radius 1 is 0.774 bits per heavy atom. The normalized spacial score (nSPS) is 18.8. The van der Waals surface area contributed by atoms with E-state index in [1.54, 1.807) is 0 Å². The van der Waals surface area contributed by atoms with Crippen LogP contribution in [0.25, 0.3) is 11.4 Å². The molecule has 1 aromatic carbocycles. The van der Waals surface area contributed by atoms with Crippen molar-refractivity contribution < 1.29 is 4.74 Å². The Labute approximate surface area is 190 Å². The van der Waals surface area contributed by atoms with Gasteiger partial charge in [-0.3, -0.25) is 0 Å². The molecule has 0 amide bonds. The Kier molecular flexibility index (Phi) is 10.3. The van der Waals surface area contributed by atoms with Gasteiger partial charge in [-0.1, -0.05) is 71.6 Å². The van der Waals surface area contributed by atoms with Crippen molar-refractivity contribution in [3.8, 4) is 17.1 Å². The highest BCUT2D eigenvalue weighted by Crippen LogP contribution is 2.34. The van der Waals surface area contributed by atoms with Crippen LogP contribution in [0.2, 0.25) is 0 Å². The van der Waals surface area contributed by atoms with Crippen LogP contribution in [0.5, 0.6) is 5.75 Å². The van der Waals surface area contributed by atoms with Gasteiger partial charge in [0.15, 0.2) is 5.82 Å². The number of nitrogens with zero attached hydrogens (tertiary/aromatic N) is 2. The molecule has 1 aliphatic rings. The van der Waals surface area contributed by atoms with Gasteiger partial charge in [0.25, 0.3) is 0 Å². The van der Waals surface area contributed by atoms with Crippen LogP contribution in [0.3, 0.4) is 0 Å². The zero-order valence-electron chi connectivity index (χ0n) is 19.8. The molecule has 1 saturated carbocycles. The van der Waals surface area contributed by atoms with Crippen molar-refractivity contribution in [1.29, 1.82) is 0 Å². The van der Waals surface area contributed by atoms with E-state index in [2.05, 4.69) is 35.9 Å². The second-order valence-corrected chi connectivity index (χ2v) is 9.42.